The summed E-state index contributed by atoms with van der Waals surface area (Å²) in [4.78, 5) is 28.1. The van der Waals surface area contributed by atoms with E-state index in [1.165, 1.54) is 11.8 Å². The second kappa shape index (κ2) is 12.9. The first kappa shape index (κ1) is 24.6. The fourth-order valence-corrected chi connectivity index (χ4v) is 3.85. The molecule has 0 unspecified atom stereocenters. The number of rotatable bonds is 12. The van der Waals surface area contributed by atoms with Crippen LogP contribution in [0.4, 0.5) is 5.69 Å². The molecule has 31 heavy (non-hydrogen) atoms. The van der Waals surface area contributed by atoms with E-state index in [4.69, 9.17) is 9.47 Å². The van der Waals surface area contributed by atoms with E-state index in [-0.39, 0.29) is 17.6 Å². The second-order valence-electron chi connectivity index (χ2n) is 6.69. The van der Waals surface area contributed by atoms with Crippen LogP contribution < -0.4 is 20.1 Å². The number of nitrogens with one attached hydrogen (secondary N) is 2. The maximum atomic E-state index is 12.6. The highest BCUT2D eigenvalue weighted by molar-refractivity contribution is 8.00. The first-order valence-corrected chi connectivity index (χ1v) is 11.2. The van der Waals surface area contributed by atoms with Crippen molar-refractivity contribution in [1.82, 2.24) is 10.2 Å². The highest BCUT2D eigenvalue weighted by Gasteiger charge is 2.13. The van der Waals surface area contributed by atoms with Gasteiger partial charge in [-0.3, -0.25) is 9.59 Å². The molecular formula is C23H31N3O4S. The van der Waals surface area contributed by atoms with Gasteiger partial charge < -0.3 is 25.0 Å². The summed E-state index contributed by atoms with van der Waals surface area (Å²) in [6, 6.07) is 12.5. The lowest BCUT2D eigenvalue weighted by Crippen LogP contribution is -2.35. The Morgan fingerprint density at radius 2 is 1.71 bits per heavy atom. The van der Waals surface area contributed by atoms with Crippen molar-refractivity contribution in [2.45, 2.75) is 18.7 Å². The van der Waals surface area contributed by atoms with Crippen molar-refractivity contribution in [1.29, 1.82) is 0 Å². The summed E-state index contributed by atoms with van der Waals surface area (Å²) in [6.07, 6.45) is 0. The quantitative estimate of drug-likeness (QED) is 0.487. The Labute approximate surface area is 188 Å². The predicted octanol–water partition coefficient (Wildman–Crippen LogP) is 3.51. The summed E-state index contributed by atoms with van der Waals surface area (Å²) in [5.74, 6) is 1.01. The molecule has 0 heterocycles. The predicted molar refractivity (Wildman–Crippen MR) is 125 cm³/mol. The molecule has 0 saturated carbocycles. The maximum Gasteiger partial charge on any atom is 0.252 e. The molecule has 0 fully saturated rings. The molecule has 0 aromatic heterocycles. The summed E-state index contributed by atoms with van der Waals surface area (Å²) in [6.45, 7) is 7.50. The molecule has 0 aliphatic rings. The van der Waals surface area contributed by atoms with Gasteiger partial charge in [-0.2, -0.15) is 0 Å². The van der Waals surface area contributed by atoms with Gasteiger partial charge in [0, 0.05) is 29.7 Å². The molecule has 2 N–H and O–H groups in total. The number of likely N-dealkylation sites (N-methyl/N-ethyl adjacent to an activating group) is 1. The molecule has 168 valence electrons. The normalized spacial score (nSPS) is 10.6. The monoisotopic (exact) mass is 445 g/mol. The average Bonchev–Trinajstić information content (AvgIpc) is 2.80. The summed E-state index contributed by atoms with van der Waals surface area (Å²) in [7, 11) is 3.10. The van der Waals surface area contributed by atoms with Gasteiger partial charge in [0.25, 0.3) is 5.91 Å². The van der Waals surface area contributed by atoms with Gasteiger partial charge in [-0.1, -0.05) is 26.0 Å². The fraction of sp³-hybridized carbons (Fsp3) is 0.391. The van der Waals surface area contributed by atoms with Gasteiger partial charge >= 0.3 is 0 Å². The van der Waals surface area contributed by atoms with E-state index >= 15 is 0 Å². The van der Waals surface area contributed by atoms with Crippen LogP contribution >= 0.6 is 11.8 Å². The Morgan fingerprint density at radius 3 is 2.39 bits per heavy atom. The number of nitrogens with zero attached hydrogens (tertiary/aromatic N) is 1. The van der Waals surface area contributed by atoms with Crippen molar-refractivity contribution in [2.75, 3.05) is 51.5 Å². The number of ether oxygens (including phenoxy) is 2. The van der Waals surface area contributed by atoms with E-state index in [1.54, 1.807) is 38.5 Å². The number of amides is 2. The van der Waals surface area contributed by atoms with Crippen molar-refractivity contribution < 1.29 is 19.1 Å². The Bertz CT molecular complexity index is 872. The van der Waals surface area contributed by atoms with Gasteiger partial charge in [0.1, 0.15) is 0 Å². The maximum absolute atomic E-state index is 12.6. The minimum atomic E-state index is -0.172. The third-order valence-corrected chi connectivity index (χ3v) is 5.84. The summed E-state index contributed by atoms with van der Waals surface area (Å²) < 4.78 is 10.5. The van der Waals surface area contributed by atoms with Crippen molar-refractivity contribution in [2.24, 2.45) is 0 Å². The van der Waals surface area contributed by atoms with Gasteiger partial charge in [-0.25, -0.2) is 0 Å². The van der Waals surface area contributed by atoms with Crippen molar-refractivity contribution in [3.63, 3.8) is 0 Å². The summed E-state index contributed by atoms with van der Waals surface area (Å²) in [5, 5.41) is 5.81. The number of hydrogen-bond donors (Lipinski definition) is 2. The number of carbonyl (C=O) groups is 2. The SMILES string of the molecule is CCN(CC)CCNC(=O)c1ccccc1SCC(=O)Nc1ccc(OC)c(OC)c1. The van der Waals surface area contributed by atoms with Crippen LogP contribution in [0.5, 0.6) is 11.5 Å². The minimum absolute atomic E-state index is 0.129. The number of carbonyl (C=O) groups excluding carboxylic acids is 2. The van der Waals surface area contributed by atoms with Gasteiger partial charge in [-0.05, 0) is 37.4 Å². The van der Waals surface area contributed by atoms with Gasteiger partial charge in [0.15, 0.2) is 11.5 Å². The molecule has 0 aliphatic carbocycles. The lowest BCUT2D eigenvalue weighted by molar-refractivity contribution is -0.113. The highest BCUT2D eigenvalue weighted by atomic mass is 32.2. The van der Waals surface area contributed by atoms with Crippen molar-refractivity contribution in [3.8, 4) is 11.5 Å². The Morgan fingerprint density at radius 1 is 1.00 bits per heavy atom. The average molecular weight is 446 g/mol. The number of hydrogen-bond acceptors (Lipinski definition) is 6. The van der Waals surface area contributed by atoms with E-state index in [0.717, 1.165) is 24.5 Å². The third-order valence-electron chi connectivity index (χ3n) is 4.77. The molecule has 2 amide bonds. The first-order valence-electron chi connectivity index (χ1n) is 10.3. The molecule has 0 bridgehead atoms. The lowest BCUT2D eigenvalue weighted by Gasteiger charge is -2.18. The highest BCUT2D eigenvalue weighted by Crippen LogP contribution is 2.30. The van der Waals surface area contributed by atoms with Crippen LogP contribution in [0.15, 0.2) is 47.4 Å². The Balaban J connectivity index is 1.93. The fourth-order valence-electron chi connectivity index (χ4n) is 3.00. The minimum Gasteiger partial charge on any atom is -0.493 e. The van der Waals surface area contributed by atoms with E-state index < -0.39 is 0 Å². The number of methoxy groups -OCH3 is 2. The molecule has 2 aromatic carbocycles. The molecule has 2 rings (SSSR count). The summed E-state index contributed by atoms with van der Waals surface area (Å²) >= 11 is 1.33. The van der Waals surface area contributed by atoms with Gasteiger partial charge in [-0.15, -0.1) is 11.8 Å². The van der Waals surface area contributed by atoms with Crippen LogP contribution in [0.3, 0.4) is 0 Å². The molecule has 8 heteroatoms. The lowest BCUT2D eigenvalue weighted by atomic mass is 10.2. The Hall–Kier alpha value is -2.71. The zero-order chi connectivity index (χ0) is 22.6. The largest absolute Gasteiger partial charge is 0.493 e. The molecule has 7 nitrogen and oxygen atoms in total. The second-order valence-corrected chi connectivity index (χ2v) is 7.70. The van der Waals surface area contributed by atoms with Gasteiger partial charge in [0.2, 0.25) is 5.91 Å². The number of thioether (sulfide) groups is 1. The molecule has 2 aromatic rings. The zero-order valence-corrected chi connectivity index (χ0v) is 19.4. The van der Waals surface area contributed by atoms with Crippen LogP contribution in [-0.4, -0.2) is 62.9 Å². The van der Waals surface area contributed by atoms with E-state index in [0.29, 0.717) is 29.3 Å². The molecule has 0 aliphatic heterocycles. The molecule has 0 atom stereocenters. The van der Waals surface area contributed by atoms with Gasteiger partial charge in [0.05, 0.1) is 25.5 Å². The molecular weight excluding hydrogens is 414 g/mol. The first-order chi connectivity index (χ1) is 15.0. The van der Waals surface area contributed by atoms with E-state index in [1.807, 2.05) is 18.2 Å². The zero-order valence-electron chi connectivity index (χ0n) is 18.6. The van der Waals surface area contributed by atoms with Crippen LogP contribution in [0.1, 0.15) is 24.2 Å². The van der Waals surface area contributed by atoms with Crippen LogP contribution in [0.25, 0.3) is 0 Å². The summed E-state index contributed by atoms with van der Waals surface area (Å²) in [5.41, 5.74) is 1.19. The van der Waals surface area contributed by atoms with Crippen LogP contribution in [0, 0.1) is 0 Å². The van der Waals surface area contributed by atoms with E-state index in [2.05, 4.69) is 29.4 Å². The van der Waals surface area contributed by atoms with Crippen LogP contribution in [0.2, 0.25) is 0 Å². The molecule has 0 radical (unpaired) electrons. The number of benzene rings is 2. The standard InChI is InChI=1S/C23H31N3O4S/c1-5-26(6-2)14-13-24-23(28)18-9-7-8-10-21(18)31-16-22(27)25-17-11-12-19(29-3)20(15-17)30-4/h7-12,15H,5-6,13-14,16H2,1-4H3,(H,24,28)(H,25,27). The van der Waals surface area contributed by atoms with E-state index in [9.17, 15) is 9.59 Å². The molecule has 0 spiro atoms. The number of anilines is 1. The van der Waals surface area contributed by atoms with Crippen molar-refractivity contribution in [3.05, 3.63) is 48.0 Å². The molecule has 0 saturated heterocycles. The van der Waals surface area contributed by atoms with Crippen molar-refractivity contribution >= 4 is 29.3 Å². The Kier molecular flexibility index (Phi) is 10.2. The third kappa shape index (κ3) is 7.48. The topological polar surface area (TPSA) is 79.9 Å². The van der Waals surface area contributed by atoms with Crippen LogP contribution in [-0.2, 0) is 4.79 Å². The smallest absolute Gasteiger partial charge is 0.252 e.